The van der Waals surface area contributed by atoms with Crippen LogP contribution in [0.5, 0.6) is 0 Å². The number of benzene rings is 1. The number of aliphatic imine (C=N–C) groups is 1. The minimum absolute atomic E-state index is 0.00887. The first-order valence-electron chi connectivity index (χ1n) is 6.18. The number of hydrogen-bond donors (Lipinski definition) is 1. The lowest BCUT2D eigenvalue weighted by Gasteiger charge is -2.21. The molecule has 1 N–H and O–H groups in total. The van der Waals surface area contributed by atoms with Crippen LogP contribution in [0.25, 0.3) is 0 Å². The van der Waals surface area contributed by atoms with Crippen LogP contribution in [0.15, 0.2) is 52.4 Å². The number of rotatable bonds is 2. The smallest absolute Gasteiger partial charge is 0.143 e. The molecule has 0 fully saturated rings. The van der Waals surface area contributed by atoms with E-state index in [0.29, 0.717) is 12.3 Å². The Bertz CT molecular complexity index is 599. The van der Waals surface area contributed by atoms with Gasteiger partial charge in [-0.1, -0.05) is 23.7 Å². The zero-order valence-corrected chi connectivity index (χ0v) is 11.3. The van der Waals surface area contributed by atoms with E-state index >= 15 is 0 Å². The summed E-state index contributed by atoms with van der Waals surface area (Å²) < 4.78 is 5.32. The average Bonchev–Trinajstić information content (AvgIpc) is 2.88. The minimum Gasteiger partial charge on any atom is -0.506 e. The highest BCUT2D eigenvalue weighted by molar-refractivity contribution is 6.30. The third-order valence-corrected chi connectivity index (χ3v) is 3.72. The molecule has 0 bridgehead atoms. The second-order valence-electron chi connectivity index (χ2n) is 4.77. The molecule has 1 unspecified atom stereocenters. The molecule has 0 saturated carbocycles. The van der Waals surface area contributed by atoms with Crippen LogP contribution in [-0.4, -0.2) is 23.5 Å². The third kappa shape index (κ3) is 2.26. The lowest BCUT2D eigenvalue weighted by molar-refractivity contribution is 0.296. The van der Waals surface area contributed by atoms with E-state index in [1.807, 2.05) is 31.2 Å². The van der Waals surface area contributed by atoms with Gasteiger partial charge in [-0.3, -0.25) is 4.99 Å². The Morgan fingerprint density at radius 1 is 1.37 bits per heavy atom. The van der Waals surface area contributed by atoms with Crippen molar-refractivity contribution in [2.24, 2.45) is 4.99 Å². The first-order chi connectivity index (χ1) is 9.15. The van der Waals surface area contributed by atoms with Gasteiger partial charge in [-0.05, 0) is 31.0 Å². The SMILES string of the molecule is CC1=NC(Cc2ccc(Cl)cc2)C2=COCC2=C1O. The predicted octanol–water partition coefficient (Wildman–Crippen LogP) is 3.45. The molecule has 0 spiro atoms. The molecular formula is C15H14ClNO2. The predicted molar refractivity (Wildman–Crippen MR) is 75.7 cm³/mol. The number of ether oxygens (including phenoxy) is 1. The van der Waals surface area contributed by atoms with Gasteiger partial charge in [-0.2, -0.15) is 0 Å². The van der Waals surface area contributed by atoms with Crippen molar-refractivity contribution in [3.8, 4) is 0 Å². The van der Waals surface area contributed by atoms with E-state index < -0.39 is 0 Å². The molecule has 0 saturated heterocycles. The summed E-state index contributed by atoms with van der Waals surface area (Å²) in [4.78, 5) is 4.55. The summed E-state index contributed by atoms with van der Waals surface area (Å²) in [5.41, 5.74) is 3.70. The van der Waals surface area contributed by atoms with Crippen LogP contribution in [-0.2, 0) is 11.2 Å². The van der Waals surface area contributed by atoms with E-state index in [2.05, 4.69) is 4.99 Å². The van der Waals surface area contributed by atoms with E-state index in [0.717, 1.165) is 22.6 Å². The highest BCUT2D eigenvalue weighted by atomic mass is 35.5. The summed E-state index contributed by atoms with van der Waals surface area (Å²) >= 11 is 5.89. The summed E-state index contributed by atoms with van der Waals surface area (Å²) in [6.07, 6.45) is 2.49. The average molecular weight is 276 g/mol. The van der Waals surface area contributed by atoms with Gasteiger partial charge in [0.15, 0.2) is 0 Å². The van der Waals surface area contributed by atoms with E-state index in [9.17, 15) is 5.11 Å². The maximum absolute atomic E-state index is 9.98. The van der Waals surface area contributed by atoms with Crippen molar-refractivity contribution >= 4 is 17.3 Å². The number of hydrogen-bond acceptors (Lipinski definition) is 3. The van der Waals surface area contributed by atoms with Crippen LogP contribution in [0, 0.1) is 0 Å². The van der Waals surface area contributed by atoms with Gasteiger partial charge < -0.3 is 9.84 Å². The van der Waals surface area contributed by atoms with Crippen molar-refractivity contribution in [3.63, 3.8) is 0 Å². The Morgan fingerprint density at radius 2 is 2.11 bits per heavy atom. The summed E-state index contributed by atoms with van der Waals surface area (Å²) in [6, 6.07) is 7.77. The highest BCUT2D eigenvalue weighted by Crippen LogP contribution is 2.32. The van der Waals surface area contributed by atoms with Crippen LogP contribution < -0.4 is 0 Å². The van der Waals surface area contributed by atoms with Gasteiger partial charge in [-0.25, -0.2) is 0 Å². The number of fused-ring (bicyclic) bond motifs is 1. The molecule has 2 aliphatic heterocycles. The first-order valence-corrected chi connectivity index (χ1v) is 6.56. The lowest BCUT2D eigenvalue weighted by atomic mass is 9.91. The van der Waals surface area contributed by atoms with E-state index in [4.69, 9.17) is 16.3 Å². The number of aliphatic hydroxyl groups is 1. The van der Waals surface area contributed by atoms with E-state index in [1.54, 1.807) is 6.26 Å². The molecule has 1 aromatic carbocycles. The van der Waals surface area contributed by atoms with Crippen molar-refractivity contribution in [3.05, 3.63) is 58.0 Å². The Balaban J connectivity index is 1.88. The Labute approximate surface area is 116 Å². The van der Waals surface area contributed by atoms with Crippen LogP contribution >= 0.6 is 11.6 Å². The third-order valence-electron chi connectivity index (χ3n) is 3.47. The minimum atomic E-state index is 0.00887. The quantitative estimate of drug-likeness (QED) is 0.898. The zero-order chi connectivity index (χ0) is 13.4. The number of dihydropyridines is 1. The molecule has 3 nitrogen and oxygen atoms in total. The molecule has 98 valence electrons. The number of aliphatic hydroxyl groups excluding tert-OH is 1. The molecule has 0 amide bonds. The fraction of sp³-hybridized carbons (Fsp3) is 0.267. The molecule has 0 radical (unpaired) electrons. The summed E-state index contributed by atoms with van der Waals surface area (Å²) in [7, 11) is 0. The molecular weight excluding hydrogens is 262 g/mol. The second-order valence-corrected chi connectivity index (χ2v) is 5.21. The molecule has 0 aromatic heterocycles. The zero-order valence-electron chi connectivity index (χ0n) is 10.6. The van der Waals surface area contributed by atoms with Crippen molar-refractivity contribution < 1.29 is 9.84 Å². The summed E-state index contributed by atoms with van der Waals surface area (Å²) in [5, 5.41) is 10.7. The van der Waals surface area contributed by atoms with Gasteiger partial charge in [0.2, 0.25) is 0 Å². The Hall–Kier alpha value is -1.74. The van der Waals surface area contributed by atoms with Crippen molar-refractivity contribution in [1.29, 1.82) is 0 Å². The van der Waals surface area contributed by atoms with Gasteiger partial charge in [0.05, 0.1) is 18.0 Å². The van der Waals surface area contributed by atoms with Crippen molar-refractivity contribution in [2.75, 3.05) is 6.61 Å². The molecule has 1 aromatic rings. The topological polar surface area (TPSA) is 41.8 Å². The number of halogens is 1. The lowest BCUT2D eigenvalue weighted by Crippen LogP contribution is -2.22. The fourth-order valence-corrected chi connectivity index (χ4v) is 2.56. The van der Waals surface area contributed by atoms with Gasteiger partial charge in [0.1, 0.15) is 12.4 Å². The fourth-order valence-electron chi connectivity index (χ4n) is 2.44. The Kier molecular flexibility index (Phi) is 3.07. The highest BCUT2D eigenvalue weighted by Gasteiger charge is 2.30. The molecule has 2 heterocycles. The Morgan fingerprint density at radius 3 is 2.84 bits per heavy atom. The second kappa shape index (κ2) is 4.74. The molecule has 19 heavy (non-hydrogen) atoms. The standard InChI is InChI=1S/C15H14ClNO2/c1-9-15(18)13-8-19-7-12(13)14(17-9)6-10-2-4-11(16)5-3-10/h2-5,7,14,18H,6,8H2,1H3. The van der Waals surface area contributed by atoms with Gasteiger partial charge >= 0.3 is 0 Å². The molecule has 2 aliphatic rings. The van der Waals surface area contributed by atoms with E-state index in [-0.39, 0.29) is 11.8 Å². The molecule has 1 atom stereocenters. The molecule has 0 aliphatic carbocycles. The van der Waals surface area contributed by atoms with Crippen LogP contribution in [0.2, 0.25) is 5.02 Å². The van der Waals surface area contributed by atoms with Crippen molar-refractivity contribution in [1.82, 2.24) is 0 Å². The van der Waals surface area contributed by atoms with Crippen molar-refractivity contribution in [2.45, 2.75) is 19.4 Å². The normalized spacial score (nSPS) is 21.7. The largest absolute Gasteiger partial charge is 0.506 e. The number of allylic oxidation sites excluding steroid dienone is 1. The van der Waals surface area contributed by atoms with E-state index in [1.165, 1.54) is 5.56 Å². The van der Waals surface area contributed by atoms with Gasteiger partial charge in [0.25, 0.3) is 0 Å². The molecule has 3 rings (SSSR count). The first kappa shape index (κ1) is 12.3. The summed E-state index contributed by atoms with van der Waals surface area (Å²) in [6.45, 7) is 2.26. The van der Waals surface area contributed by atoms with Gasteiger partial charge in [-0.15, -0.1) is 0 Å². The molecule has 4 heteroatoms. The summed E-state index contributed by atoms with van der Waals surface area (Å²) in [5.74, 6) is 0.260. The maximum atomic E-state index is 9.98. The maximum Gasteiger partial charge on any atom is 0.143 e. The van der Waals surface area contributed by atoms with Crippen LogP contribution in [0.4, 0.5) is 0 Å². The van der Waals surface area contributed by atoms with Crippen LogP contribution in [0.3, 0.4) is 0 Å². The monoisotopic (exact) mass is 275 g/mol. The van der Waals surface area contributed by atoms with Gasteiger partial charge in [0, 0.05) is 16.2 Å². The van der Waals surface area contributed by atoms with Crippen LogP contribution in [0.1, 0.15) is 12.5 Å². The number of nitrogens with zero attached hydrogens (tertiary/aromatic N) is 1.